The van der Waals surface area contributed by atoms with Crippen LogP contribution in [-0.2, 0) is 4.74 Å². The van der Waals surface area contributed by atoms with Gasteiger partial charge in [0.1, 0.15) is 5.60 Å². The number of nitrogens with one attached hydrogen (secondary N) is 2. The Balaban J connectivity index is 2.20. The van der Waals surface area contributed by atoms with Crippen molar-refractivity contribution in [1.29, 1.82) is 0 Å². The number of rotatable bonds is 2. The molecular weight excluding hydrogens is 258 g/mol. The number of hydrogen-bond donors (Lipinski definition) is 2. The van der Waals surface area contributed by atoms with Crippen LogP contribution in [0.4, 0.5) is 10.7 Å². The minimum atomic E-state index is -0.580. The summed E-state index contributed by atoms with van der Waals surface area (Å²) in [5, 5.41) is 2.52. The van der Waals surface area contributed by atoms with Crippen LogP contribution in [0.15, 0.2) is 18.2 Å². The second-order valence-corrected chi connectivity index (χ2v) is 5.50. The lowest BCUT2D eigenvalue weighted by Gasteiger charge is -2.18. The molecule has 106 valence electrons. The van der Waals surface area contributed by atoms with Crippen LogP contribution in [0, 0.1) is 0 Å². The van der Waals surface area contributed by atoms with Gasteiger partial charge in [-0.05, 0) is 45.9 Å². The first-order valence-electron chi connectivity index (χ1n) is 6.25. The van der Waals surface area contributed by atoms with E-state index in [9.17, 15) is 9.59 Å². The smallest absolute Gasteiger partial charge is 0.414 e. The summed E-state index contributed by atoms with van der Waals surface area (Å²) in [5.74, 6) is 0.262. The molecule has 1 aromatic heterocycles. The van der Waals surface area contributed by atoms with E-state index < -0.39 is 11.7 Å². The molecule has 0 aliphatic carbocycles. The summed E-state index contributed by atoms with van der Waals surface area (Å²) in [7, 11) is 0. The first kappa shape index (κ1) is 14.0. The predicted octanol–water partition coefficient (Wildman–Crippen LogP) is 3.11. The third-order valence-electron chi connectivity index (χ3n) is 2.51. The molecule has 1 aromatic carbocycles. The lowest BCUT2D eigenvalue weighted by Crippen LogP contribution is -2.27. The first-order valence-corrected chi connectivity index (χ1v) is 6.25. The van der Waals surface area contributed by atoms with Crippen molar-refractivity contribution in [1.82, 2.24) is 9.97 Å². The van der Waals surface area contributed by atoms with Gasteiger partial charge >= 0.3 is 6.09 Å². The monoisotopic (exact) mass is 275 g/mol. The van der Waals surface area contributed by atoms with Gasteiger partial charge < -0.3 is 9.72 Å². The summed E-state index contributed by atoms with van der Waals surface area (Å²) in [4.78, 5) is 30.1. The second kappa shape index (κ2) is 4.96. The summed E-state index contributed by atoms with van der Waals surface area (Å²) in [5.41, 5.74) is 1.37. The van der Waals surface area contributed by atoms with E-state index in [1.807, 2.05) is 0 Å². The van der Waals surface area contributed by atoms with E-state index in [0.717, 1.165) is 0 Å². The Kier molecular flexibility index (Phi) is 3.48. The van der Waals surface area contributed by atoms with Crippen LogP contribution >= 0.6 is 0 Å². The Bertz CT molecular complexity index is 668. The number of carbonyl (C=O) groups is 2. The minimum absolute atomic E-state index is 0.0249. The molecule has 0 aliphatic heterocycles. The molecule has 0 fully saturated rings. The van der Waals surface area contributed by atoms with Crippen molar-refractivity contribution in [3.8, 4) is 0 Å². The van der Waals surface area contributed by atoms with Gasteiger partial charge in [-0.2, -0.15) is 0 Å². The van der Waals surface area contributed by atoms with Crippen LogP contribution < -0.4 is 5.32 Å². The van der Waals surface area contributed by atoms with Gasteiger partial charge in [0, 0.05) is 5.56 Å². The molecule has 0 saturated carbocycles. The topological polar surface area (TPSA) is 84.1 Å². The zero-order valence-electron chi connectivity index (χ0n) is 11.9. The molecule has 0 saturated heterocycles. The third kappa shape index (κ3) is 3.34. The number of aromatic amines is 1. The van der Waals surface area contributed by atoms with Crippen LogP contribution in [0.5, 0.6) is 0 Å². The molecule has 1 heterocycles. The number of anilines is 1. The highest BCUT2D eigenvalue weighted by Crippen LogP contribution is 2.17. The summed E-state index contributed by atoms with van der Waals surface area (Å²) >= 11 is 0. The van der Waals surface area contributed by atoms with Gasteiger partial charge in [0.2, 0.25) is 5.95 Å². The van der Waals surface area contributed by atoms with E-state index in [-0.39, 0.29) is 11.7 Å². The summed E-state index contributed by atoms with van der Waals surface area (Å²) in [6.07, 6.45) is -0.580. The number of carbonyl (C=O) groups excluding carboxylic acids is 2. The van der Waals surface area contributed by atoms with Gasteiger partial charge in [-0.1, -0.05) is 0 Å². The second-order valence-electron chi connectivity index (χ2n) is 5.50. The number of fused-ring (bicyclic) bond motifs is 1. The average molecular weight is 275 g/mol. The van der Waals surface area contributed by atoms with Crippen LogP contribution in [0.2, 0.25) is 0 Å². The molecular formula is C14H17N3O3. The largest absolute Gasteiger partial charge is 0.444 e. The van der Waals surface area contributed by atoms with Gasteiger partial charge in [-0.15, -0.1) is 0 Å². The van der Waals surface area contributed by atoms with Gasteiger partial charge in [-0.3, -0.25) is 10.1 Å². The standard InChI is InChI=1S/C14H17N3O3/c1-8(18)9-5-6-10-11(7-9)16-12(15-10)17-13(19)20-14(2,3)4/h5-7H,1-4H3,(H2,15,16,17,19). The molecule has 2 aromatic rings. The number of imidazole rings is 1. The highest BCUT2D eigenvalue weighted by atomic mass is 16.6. The fraction of sp³-hybridized carbons (Fsp3) is 0.357. The van der Waals surface area contributed by atoms with E-state index >= 15 is 0 Å². The number of ether oxygens (including phenoxy) is 1. The van der Waals surface area contributed by atoms with Crippen LogP contribution in [0.3, 0.4) is 0 Å². The number of nitrogens with zero attached hydrogens (tertiary/aromatic N) is 1. The number of ketones is 1. The van der Waals surface area contributed by atoms with Gasteiger partial charge in [0.05, 0.1) is 11.0 Å². The number of hydrogen-bond acceptors (Lipinski definition) is 4. The van der Waals surface area contributed by atoms with Crippen LogP contribution in [0.25, 0.3) is 11.0 Å². The van der Waals surface area contributed by atoms with Crippen molar-refractivity contribution >= 4 is 28.9 Å². The van der Waals surface area contributed by atoms with Crippen molar-refractivity contribution in [3.63, 3.8) is 0 Å². The molecule has 0 radical (unpaired) electrons. The highest BCUT2D eigenvalue weighted by Gasteiger charge is 2.17. The van der Waals surface area contributed by atoms with Gasteiger partial charge in [0.15, 0.2) is 5.78 Å². The third-order valence-corrected chi connectivity index (χ3v) is 2.51. The van der Waals surface area contributed by atoms with E-state index in [1.165, 1.54) is 6.92 Å². The maximum atomic E-state index is 11.6. The lowest BCUT2D eigenvalue weighted by atomic mass is 10.1. The van der Waals surface area contributed by atoms with E-state index in [1.54, 1.807) is 39.0 Å². The predicted molar refractivity (Wildman–Crippen MR) is 76.0 cm³/mol. The van der Waals surface area contributed by atoms with E-state index in [2.05, 4.69) is 15.3 Å². The Hall–Kier alpha value is -2.37. The van der Waals surface area contributed by atoms with Crippen molar-refractivity contribution < 1.29 is 14.3 Å². The van der Waals surface area contributed by atoms with Crippen molar-refractivity contribution in [2.45, 2.75) is 33.3 Å². The normalized spacial score (nSPS) is 11.4. The fourth-order valence-corrected chi connectivity index (χ4v) is 1.69. The zero-order valence-corrected chi connectivity index (χ0v) is 11.9. The number of amides is 1. The molecule has 0 bridgehead atoms. The van der Waals surface area contributed by atoms with E-state index in [0.29, 0.717) is 16.6 Å². The molecule has 0 unspecified atom stereocenters. The van der Waals surface area contributed by atoms with Gasteiger partial charge in [0.25, 0.3) is 0 Å². The molecule has 2 N–H and O–H groups in total. The molecule has 0 atom stereocenters. The maximum absolute atomic E-state index is 11.6. The van der Waals surface area contributed by atoms with Crippen LogP contribution in [-0.4, -0.2) is 27.4 Å². The van der Waals surface area contributed by atoms with Crippen molar-refractivity contribution in [2.75, 3.05) is 5.32 Å². The first-order chi connectivity index (χ1) is 9.24. The number of benzene rings is 1. The Labute approximate surface area is 116 Å². The average Bonchev–Trinajstić information content (AvgIpc) is 2.66. The molecule has 6 nitrogen and oxygen atoms in total. The SMILES string of the molecule is CC(=O)c1ccc2nc(NC(=O)OC(C)(C)C)[nH]c2c1. The molecule has 0 aliphatic rings. The minimum Gasteiger partial charge on any atom is -0.444 e. The Morgan fingerprint density at radius 3 is 2.60 bits per heavy atom. The van der Waals surface area contributed by atoms with Crippen molar-refractivity contribution in [2.24, 2.45) is 0 Å². The zero-order chi connectivity index (χ0) is 14.9. The van der Waals surface area contributed by atoms with E-state index in [4.69, 9.17) is 4.74 Å². The molecule has 20 heavy (non-hydrogen) atoms. The van der Waals surface area contributed by atoms with Crippen LogP contribution in [0.1, 0.15) is 38.1 Å². The Morgan fingerprint density at radius 2 is 2.00 bits per heavy atom. The maximum Gasteiger partial charge on any atom is 0.414 e. The quantitative estimate of drug-likeness (QED) is 0.825. The molecule has 6 heteroatoms. The number of H-pyrrole nitrogens is 1. The van der Waals surface area contributed by atoms with Gasteiger partial charge in [-0.25, -0.2) is 9.78 Å². The number of Topliss-reactive ketones (excluding diaryl/α,β-unsaturated/α-hetero) is 1. The lowest BCUT2D eigenvalue weighted by molar-refractivity contribution is 0.0634. The highest BCUT2D eigenvalue weighted by molar-refractivity contribution is 5.97. The molecule has 2 rings (SSSR count). The summed E-state index contributed by atoms with van der Waals surface area (Å²) in [6.45, 7) is 6.84. The fourth-order valence-electron chi connectivity index (χ4n) is 1.69. The molecule has 0 spiro atoms. The Morgan fingerprint density at radius 1 is 1.30 bits per heavy atom. The molecule has 1 amide bonds. The number of aromatic nitrogens is 2. The summed E-state index contributed by atoms with van der Waals surface area (Å²) < 4.78 is 5.14. The van der Waals surface area contributed by atoms with Crippen molar-refractivity contribution in [3.05, 3.63) is 23.8 Å². The summed E-state index contributed by atoms with van der Waals surface area (Å²) in [6, 6.07) is 5.12.